The number of carbonyl (C=O) groups is 1. The molecule has 0 saturated carbocycles. The fourth-order valence-electron chi connectivity index (χ4n) is 3.94. The monoisotopic (exact) mass is 465 g/mol. The molecule has 3 N–H and O–H groups in total. The lowest BCUT2D eigenvalue weighted by atomic mass is 10.1. The number of nitrogens with one attached hydrogen (secondary N) is 2. The van der Waals surface area contributed by atoms with Crippen molar-refractivity contribution >= 4 is 5.91 Å². The zero-order chi connectivity index (χ0) is 23.6. The highest BCUT2D eigenvalue weighted by Crippen LogP contribution is 2.32. The topological polar surface area (TPSA) is 113 Å². The van der Waals surface area contributed by atoms with E-state index in [9.17, 15) is 9.90 Å². The van der Waals surface area contributed by atoms with Crippen molar-refractivity contribution < 1.29 is 19.4 Å². The molecule has 180 valence electrons. The molecule has 1 atom stereocenters. The Morgan fingerprint density at radius 1 is 1.18 bits per heavy atom. The van der Waals surface area contributed by atoms with Crippen LogP contribution in [0.15, 0.2) is 55.1 Å². The minimum Gasteiger partial charge on any atom is -0.490 e. The lowest BCUT2D eigenvalue weighted by Crippen LogP contribution is -2.44. The first-order valence-corrected chi connectivity index (χ1v) is 11.6. The Morgan fingerprint density at radius 2 is 2.06 bits per heavy atom. The van der Waals surface area contributed by atoms with Crippen LogP contribution in [0.4, 0.5) is 0 Å². The number of hydrogen-bond donors (Lipinski definition) is 3. The van der Waals surface area contributed by atoms with Crippen molar-refractivity contribution in [1.29, 1.82) is 0 Å². The SMILES string of the molecule is O=C(CN1CCCCCOc2ccccc2Oc2ncccc2C1)N[C@H](CO)Cc1cnc[nH]1. The standard InChI is InChI=1S/C25H31N5O4/c31-17-21(13-20-14-26-18-28-20)29-24(32)16-30-11-4-1-5-12-33-22-8-2-3-9-23(22)34-25-19(15-30)7-6-10-27-25/h2-3,6-10,14,18,21,31H,1,4-5,11-13,15-17H2,(H,26,28)(H,29,32)/t21-/m0/s1. The van der Waals surface area contributed by atoms with Gasteiger partial charge >= 0.3 is 0 Å². The van der Waals surface area contributed by atoms with E-state index in [1.54, 1.807) is 18.7 Å². The van der Waals surface area contributed by atoms with Gasteiger partial charge in [0.2, 0.25) is 11.8 Å². The van der Waals surface area contributed by atoms with Gasteiger partial charge in [0.15, 0.2) is 11.5 Å². The number of aromatic nitrogens is 3. The molecule has 0 aliphatic carbocycles. The molecular formula is C25H31N5O4. The van der Waals surface area contributed by atoms with Gasteiger partial charge in [-0.05, 0) is 44.0 Å². The number of aliphatic hydroxyl groups is 1. The Morgan fingerprint density at radius 3 is 2.88 bits per heavy atom. The van der Waals surface area contributed by atoms with E-state index < -0.39 is 0 Å². The molecule has 1 aromatic carbocycles. The van der Waals surface area contributed by atoms with Crippen LogP contribution in [0.5, 0.6) is 17.4 Å². The molecule has 0 fully saturated rings. The molecule has 0 spiro atoms. The number of carbonyl (C=O) groups excluding carboxylic acids is 1. The summed E-state index contributed by atoms with van der Waals surface area (Å²) in [6.07, 6.45) is 8.30. The van der Waals surface area contributed by atoms with Gasteiger partial charge in [-0.2, -0.15) is 0 Å². The van der Waals surface area contributed by atoms with Crippen molar-refractivity contribution in [3.63, 3.8) is 0 Å². The average molecular weight is 466 g/mol. The van der Waals surface area contributed by atoms with Crippen LogP contribution in [0.25, 0.3) is 0 Å². The molecule has 0 unspecified atom stereocenters. The van der Waals surface area contributed by atoms with Gasteiger partial charge in [-0.3, -0.25) is 9.69 Å². The third-order valence-electron chi connectivity index (χ3n) is 5.65. The molecule has 3 aromatic rings. The van der Waals surface area contributed by atoms with Crippen LogP contribution in [-0.2, 0) is 17.8 Å². The zero-order valence-electron chi connectivity index (χ0n) is 19.2. The summed E-state index contributed by atoms with van der Waals surface area (Å²) in [6, 6.07) is 11.0. The summed E-state index contributed by atoms with van der Waals surface area (Å²) in [5.74, 6) is 1.68. The fraction of sp³-hybridized carbons (Fsp3) is 0.400. The lowest BCUT2D eigenvalue weighted by molar-refractivity contribution is -0.123. The van der Waals surface area contributed by atoms with Crippen molar-refractivity contribution in [2.24, 2.45) is 0 Å². The largest absolute Gasteiger partial charge is 0.490 e. The third-order valence-corrected chi connectivity index (χ3v) is 5.65. The van der Waals surface area contributed by atoms with Crippen molar-refractivity contribution in [2.45, 2.75) is 38.3 Å². The number of ether oxygens (including phenoxy) is 2. The Hall–Kier alpha value is -3.43. The molecule has 9 heteroatoms. The minimum atomic E-state index is -0.380. The van der Waals surface area contributed by atoms with E-state index in [4.69, 9.17) is 9.47 Å². The molecule has 2 aromatic heterocycles. The number of para-hydroxylation sites is 2. The molecule has 1 aliphatic rings. The summed E-state index contributed by atoms with van der Waals surface area (Å²) in [5.41, 5.74) is 1.75. The van der Waals surface area contributed by atoms with E-state index in [-0.39, 0.29) is 25.1 Å². The summed E-state index contributed by atoms with van der Waals surface area (Å²) in [6.45, 7) is 1.93. The van der Waals surface area contributed by atoms with Crippen LogP contribution >= 0.6 is 0 Å². The first kappa shape index (κ1) is 23.7. The van der Waals surface area contributed by atoms with Gasteiger partial charge < -0.3 is 24.9 Å². The predicted octanol–water partition coefficient (Wildman–Crippen LogP) is 2.68. The third kappa shape index (κ3) is 6.79. The fourth-order valence-corrected chi connectivity index (χ4v) is 3.94. The maximum Gasteiger partial charge on any atom is 0.234 e. The molecule has 4 rings (SSSR count). The summed E-state index contributed by atoms with van der Waals surface area (Å²) >= 11 is 0. The van der Waals surface area contributed by atoms with Gasteiger partial charge in [-0.15, -0.1) is 0 Å². The number of hydrogen-bond acceptors (Lipinski definition) is 7. The summed E-state index contributed by atoms with van der Waals surface area (Å²) in [4.78, 5) is 26.4. The second-order valence-electron chi connectivity index (χ2n) is 8.36. The van der Waals surface area contributed by atoms with Gasteiger partial charge in [-0.25, -0.2) is 9.97 Å². The summed E-state index contributed by atoms with van der Waals surface area (Å²) in [5, 5.41) is 12.7. The van der Waals surface area contributed by atoms with E-state index in [1.807, 2.05) is 36.4 Å². The number of imidazole rings is 1. The van der Waals surface area contributed by atoms with Gasteiger partial charge in [0.25, 0.3) is 0 Å². The summed E-state index contributed by atoms with van der Waals surface area (Å²) < 4.78 is 12.1. The number of pyridine rings is 1. The molecule has 3 heterocycles. The van der Waals surface area contributed by atoms with E-state index in [2.05, 4.69) is 25.2 Å². The quantitative estimate of drug-likeness (QED) is 0.513. The first-order valence-electron chi connectivity index (χ1n) is 11.6. The Labute approximate surface area is 199 Å². The van der Waals surface area contributed by atoms with Gasteiger partial charge in [0.05, 0.1) is 32.1 Å². The summed E-state index contributed by atoms with van der Waals surface area (Å²) in [7, 11) is 0. The highest BCUT2D eigenvalue weighted by molar-refractivity contribution is 5.78. The van der Waals surface area contributed by atoms with Crippen molar-refractivity contribution in [1.82, 2.24) is 25.2 Å². The zero-order valence-corrected chi connectivity index (χ0v) is 19.2. The molecule has 1 aliphatic heterocycles. The van der Waals surface area contributed by atoms with Crippen LogP contribution in [0, 0.1) is 0 Å². The number of nitrogens with zero attached hydrogens (tertiary/aromatic N) is 3. The molecule has 0 bridgehead atoms. The van der Waals surface area contributed by atoms with Crippen LogP contribution in [0.3, 0.4) is 0 Å². The van der Waals surface area contributed by atoms with E-state index in [1.165, 1.54) is 0 Å². The van der Waals surface area contributed by atoms with E-state index in [0.717, 1.165) is 37.1 Å². The maximum atomic E-state index is 12.9. The van der Waals surface area contributed by atoms with Crippen molar-refractivity contribution in [3.8, 4) is 17.4 Å². The predicted molar refractivity (Wildman–Crippen MR) is 127 cm³/mol. The highest BCUT2D eigenvalue weighted by Gasteiger charge is 2.19. The minimum absolute atomic E-state index is 0.136. The second-order valence-corrected chi connectivity index (χ2v) is 8.36. The Bertz CT molecular complexity index is 1040. The number of aromatic amines is 1. The van der Waals surface area contributed by atoms with Crippen LogP contribution in [0.1, 0.15) is 30.5 Å². The van der Waals surface area contributed by atoms with Gasteiger partial charge in [0, 0.05) is 36.6 Å². The molecular weight excluding hydrogens is 434 g/mol. The smallest absolute Gasteiger partial charge is 0.234 e. The molecule has 0 radical (unpaired) electrons. The molecule has 34 heavy (non-hydrogen) atoms. The van der Waals surface area contributed by atoms with Crippen LogP contribution in [-0.4, -0.2) is 63.2 Å². The van der Waals surface area contributed by atoms with Gasteiger partial charge in [0.1, 0.15) is 0 Å². The highest BCUT2D eigenvalue weighted by atomic mass is 16.5. The Balaban J connectivity index is 1.47. The maximum absolute atomic E-state index is 12.9. The Kier molecular flexibility index (Phi) is 8.48. The lowest BCUT2D eigenvalue weighted by Gasteiger charge is -2.24. The van der Waals surface area contributed by atoms with Crippen molar-refractivity contribution in [3.05, 3.63) is 66.4 Å². The number of amides is 1. The second kappa shape index (κ2) is 12.2. The number of aliphatic hydroxyl groups excluding tert-OH is 1. The van der Waals surface area contributed by atoms with Crippen molar-refractivity contribution in [2.75, 3.05) is 26.3 Å². The number of fused-ring (bicyclic) bond motifs is 2. The van der Waals surface area contributed by atoms with Gasteiger partial charge in [-0.1, -0.05) is 18.2 Å². The molecule has 1 amide bonds. The normalized spacial score (nSPS) is 15.8. The molecule has 0 saturated heterocycles. The van der Waals surface area contributed by atoms with E-state index in [0.29, 0.717) is 37.0 Å². The first-order chi connectivity index (χ1) is 16.7. The number of rotatable bonds is 6. The average Bonchev–Trinajstić information content (AvgIpc) is 3.35. The van der Waals surface area contributed by atoms with E-state index >= 15 is 0 Å². The van der Waals surface area contributed by atoms with Crippen LogP contribution in [0.2, 0.25) is 0 Å². The number of H-pyrrole nitrogens is 1. The van der Waals surface area contributed by atoms with Crippen LogP contribution < -0.4 is 14.8 Å². The number of benzene rings is 1. The molecule has 9 nitrogen and oxygen atoms in total.